The second-order valence-corrected chi connectivity index (χ2v) is 7.42. The van der Waals surface area contributed by atoms with Crippen LogP contribution in [0.25, 0.3) is 0 Å². The number of rotatable bonds is 4. The maximum atomic E-state index is 12.6. The van der Waals surface area contributed by atoms with E-state index in [0.717, 1.165) is 24.8 Å². The predicted molar refractivity (Wildman–Crippen MR) is 95.5 cm³/mol. The van der Waals surface area contributed by atoms with Gasteiger partial charge >= 0.3 is 6.18 Å². The monoisotopic (exact) mass is 383 g/mol. The molecule has 3 atom stereocenters. The summed E-state index contributed by atoms with van der Waals surface area (Å²) < 4.78 is 36.8. The fourth-order valence-corrected chi connectivity index (χ4v) is 3.92. The highest BCUT2D eigenvalue weighted by atomic mass is 19.4. The van der Waals surface area contributed by atoms with Gasteiger partial charge in [-0.3, -0.25) is 9.59 Å². The molecule has 1 saturated carbocycles. The molecule has 1 aliphatic heterocycles. The van der Waals surface area contributed by atoms with Crippen LogP contribution in [0.4, 0.5) is 18.9 Å². The third kappa shape index (κ3) is 5.00. The first-order chi connectivity index (χ1) is 12.7. The Balaban J connectivity index is 1.64. The lowest BCUT2D eigenvalue weighted by Crippen LogP contribution is -2.40. The number of fused-ring (bicyclic) bond motifs is 1. The van der Waals surface area contributed by atoms with E-state index in [1.54, 1.807) is 13.0 Å². The van der Waals surface area contributed by atoms with Gasteiger partial charge in [-0.25, -0.2) is 0 Å². The van der Waals surface area contributed by atoms with E-state index in [0.29, 0.717) is 17.6 Å². The third-order valence-electron chi connectivity index (χ3n) is 5.39. The zero-order valence-electron chi connectivity index (χ0n) is 15.2. The maximum absolute atomic E-state index is 12.6. The van der Waals surface area contributed by atoms with Crippen LogP contribution in [-0.2, 0) is 4.79 Å². The summed E-state index contributed by atoms with van der Waals surface area (Å²) in [4.78, 5) is 24.6. The number of hydrogen-bond donors (Lipinski definition) is 3. The van der Waals surface area contributed by atoms with Crippen molar-refractivity contribution in [1.29, 1.82) is 0 Å². The molecule has 1 saturated heterocycles. The minimum absolute atomic E-state index is 0.0770. The molecule has 1 aromatic rings. The quantitative estimate of drug-likeness (QED) is 0.748. The van der Waals surface area contributed by atoms with Gasteiger partial charge in [0.15, 0.2) is 0 Å². The van der Waals surface area contributed by atoms with Crippen molar-refractivity contribution in [1.82, 2.24) is 10.6 Å². The van der Waals surface area contributed by atoms with Gasteiger partial charge in [-0.1, -0.05) is 18.9 Å². The average molecular weight is 383 g/mol. The number of halogens is 3. The van der Waals surface area contributed by atoms with Gasteiger partial charge in [-0.15, -0.1) is 0 Å². The number of nitrogens with one attached hydrogen (secondary N) is 3. The SMILES string of the molecule is Cc1ccc(C(=O)NCC(F)(F)F)cc1NC(=O)C1CC2CCCCC2N1. The van der Waals surface area contributed by atoms with Crippen LogP contribution in [0.1, 0.15) is 48.0 Å². The van der Waals surface area contributed by atoms with E-state index in [2.05, 4.69) is 10.6 Å². The molecule has 1 heterocycles. The van der Waals surface area contributed by atoms with Crippen molar-refractivity contribution in [3.05, 3.63) is 29.3 Å². The van der Waals surface area contributed by atoms with Crippen molar-refractivity contribution in [3.63, 3.8) is 0 Å². The molecule has 2 aliphatic rings. The molecule has 27 heavy (non-hydrogen) atoms. The van der Waals surface area contributed by atoms with E-state index in [4.69, 9.17) is 0 Å². The number of carbonyl (C=O) groups excluding carboxylic acids is 2. The summed E-state index contributed by atoms with van der Waals surface area (Å²) in [7, 11) is 0. The maximum Gasteiger partial charge on any atom is 0.405 e. The van der Waals surface area contributed by atoms with E-state index < -0.39 is 18.6 Å². The molecule has 0 radical (unpaired) electrons. The largest absolute Gasteiger partial charge is 0.405 e. The van der Waals surface area contributed by atoms with Crippen LogP contribution in [0.15, 0.2) is 18.2 Å². The fraction of sp³-hybridized carbons (Fsp3) is 0.579. The van der Waals surface area contributed by atoms with Gasteiger partial charge in [0.05, 0.1) is 6.04 Å². The molecular formula is C19H24F3N3O2. The Bertz CT molecular complexity index is 707. The Kier molecular flexibility index (Phi) is 5.74. The number of alkyl halides is 3. The van der Waals surface area contributed by atoms with Crippen molar-refractivity contribution in [2.75, 3.05) is 11.9 Å². The zero-order chi connectivity index (χ0) is 19.6. The Morgan fingerprint density at radius 1 is 1.22 bits per heavy atom. The van der Waals surface area contributed by atoms with E-state index in [1.807, 2.05) is 5.32 Å². The third-order valence-corrected chi connectivity index (χ3v) is 5.39. The molecule has 3 unspecified atom stereocenters. The van der Waals surface area contributed by atoms with Crippen molar-refractivity contribution >= 4 is 17.5 Å². The van der Waals surface area contributed by atoms with Gasteiger partial charge in [-0.2, -0.15) is 13.2 Å². The second-order valence-electron chi connectivity index (χ2n) is 7.42. The first kappa shape index (κ1) is 19.7. The summed E-state index contributed by atoms with van der Waals surface area (Å²) in [6.07, 6.45) is 0.920. The first-order valence-corrected chi connectivity index (χ1v) is 9.25. The van der Waals surface area contributed by atoms with Crippen LogP contribution in [-0.4, -0.2) is 36.6 Å². The summed E-state index contributed by atoms with van der Waals surface area (Å²) in [5.41, 5.74) is 1.26. The Morgan fingerprint density at radius 3 is 2.67 bits per heavy atom. The number of carbonyl (C=O) groups is 2. The molecule has 3 rings (SSSR count). The van der Waals surface area contributed by atoms with Crippen LogP contribution >= 0.6 is 0 Å². The minimum atomic E-state index is -4.47. The van der Waals surface area contributed by atoms with Gasteiger partial charge in [0, 0.05) is 17.3 Å². The topological polar surface area (TPSA) is 70.2 Å². The van der Waals surface area contributed by atoms with Crippen LogP contribution in [0, 0.1) is 12.8 Å². The molecule has 0 bridgehead atoms. The summed E-state index contributed by atoms with van der Waals surface area (Å²) >= 11 is 0. The van der Waals surface area contributed by atoms with Gasteiger partial charge in [0.25, 0.3) is 5.91 Å². The lowest BCUT2D eigenvalue weighted by Gasteiger charge is -2.24. The predicted octanol–water partition coefficient (Wildman–Crippen LogP) is 3.15. The summed E-state index contributed by atoms with van der Waals surface area (Å²) in [6, 6.07) is 4.58. The summed E-state index contributed by atoms with van der Waals surface area (Å²) in [5, 5.41) is 8.05. The first-order valence-electron chi connectivity index (χ1n) is 9.25. The standard InChI is InChI=1S/C19H24F3N3O2/c1-11-6-7-13(17(26)23-10-19(20,21)22)9-15(11)25-18(27)16-8-12-4-2-3-5-14(12)24-16/h6-7,9,12,14,16,24H,2-5,8,10H2,1H3,(H,23,26)(H,25,27). The molecule has 0 aromatic heterocycles. The Hall–Kier alpha value is -2.09. The van der Waals surface area contributed by atoms with Gasteiger partial charge in [0.1, 0.15) is 6.54 Å². The molecule has 8 heteroatoms. The lowest BCUT2D eigenvalue weighted by atomic mass is 9.85. The highest BCUT2D eigenvalue weighted by molar-refractivity contribution is 5.99. The molecule has 0 spiro atoms. The van der Waals surface area contributed by atoms with E-state index in [-0.39, 0.29) is 17.5 Å². The van der Waals surface area contributed by atoms with Crippen molar-refractivity contribution in [2.45, 2.75) is 57.3 Å². The van der Waals surface area contributed by atoms with Crippen LogP contribution in [0.5, 0.6) is 0 Å². The summed E-state index contributed by atoms with van der Waals surface area (Å²) in [6.45, 7) is 0.380. The molecule has 2 fully saturated rings. The number of anilines is 1. The zero-order valence-corrected chi connectivity index (χ0v) is 15.2. The van der Waals surface area contributed by atoms with E-state index >= 15 is 0 Å². The van der Waals surface area contributed by atoms with Crippen molar-refractivity contribution in [2.24, 2.45) is 5.92 Å². The highest BCUT2D eigenvalue weighted by Crippen LogP contribution is 2.33. The molecular weight excluding hydrogens is 359 g/mol. The van der Waals surface area contributed by atoms with Crippen LogP contribution in [0.2, 0.25) is 0 Å². The second kappa shape index (κ2) is 7.88. The van der Waals surface area contributed by atoms with Gasteiger partial charge in [0.2, 0.25) is 5.91 Å². The van der Waals surface area contributed by atoms with Crippen molar-refractivity contribution in [3.8, 4) is 0 Å². The number of amides is 2. The average Bonchev–Trinajstić information content (AvgIpc) is 3.05. The number of hydrogen-bond acceptors (Lipinski definition) is 3. The van der Waals surface area contributed by atoms with Crippen LogP contribution in [0.3, 0.4) is 0 Å². The minimum Gasteiger partial charge on any atom is -0.343 e. The van der Waals surface area contributed by atoms with E-state index in [9.17, 15) is 22.8 Å². The van der Waals surface area contributed by atoms with Gasteiger partial charge in [-0.05, 0) is 49.8 Å². The molecule has 1 aliphatic carbocycles. The lowest BCUT2D eigenvalue weighted by molar-refractivity contribution is -0.123. The molecule has 2 amide bonds. The van der Waals surface area contributed by atoms with Gasteiger partial charge < -0.3 is 16.0 Å². The normalized spacial score (nSPS) is 25.0. The highest BCUT2D eigenvalue weighted by Gasteiger charge is 2.38. The summed E-state index contributed by atoms with van der Waals surface area (Å²) in [5.74, 6) is -0.469. The number of aryl methyl sites for hydroxylation is 1. The molecule has 5 nitrogen and oxygen atoms in total. The van der Waals surface area contributed by atoms with Crippen molar-refractivity contribution < 1.29 is 22.8 Å². The molecule has 1 aromatic carbocycles. The smallest absolute Gasteiger partial charge is 0.343 e. The Labute approximate surface area is 156 Å². The van der Waals surface area contributed by atoms with Crippen LogP contribution < -0.4 is 16.0 Å². The van der Waals surface area contributed by atoms with E-state index in [1.165, 1.54) is 25.0 Å². The molecule has 3 N–H and O–H groups in total. The fourth-order valence-electron chi connectivity index (χ4n) is 3.92. The Morgan fingerprint density at radius 2 is 1.96 bits per heavy atom. The number of benzene rings is 1. The molecule has 148 valence electrons.